The lowest BCUT2D eigenvalue weighted by Crippen LogP contribution is -2.34. The third-order valence-electron chi connectivity index (χ3n) is 4.66. The molecule has 0 bridgehead atoms. The molecule has 120 valence electrons. The Morgan fingerprint density at radius 1 is 1.30 bits per heavy atom. The van der Waals surface area contributed by atoms with Crippen LogP contribution in [0.5, 0.6) is 0 Å². The maximum Gasteiger partial charge on any atom is 0.0914 e. The molecule has 2 heteroatoms. The van der Waals surface area contributed by atoms with E-state index in [2.05, 4.69) is 57.0 Å². The Morgan fingerprint density at radius 2 is 2.04 bits per heavy atom. The highest BCUT2D eigenvalue weighted by atomic mass is 15.1. The van der Waals surface area contributed by atoms with Crippen molar-refractivity contribution in [2.75, 3.05) is 18.5 Å². The molecule has 1 aliphatic rings. The van der Waals surface area contributed by atoms with E-state index >= 15 is 0 Å². The number of benzene rings is 1. The van der Waals surface area contributed by atoms with E-state index in [0.29, 0.717) is 0 Å². The molecule has 2 rings (SSSR count). The van der Waals surface area contributed by atoms with E-state index in [9.17, 15) is 0 Å². The molecule has 0 aliphatic carbocycles. The standard InChI is InChI=1S/C21H26N2/c1-16(11-13-22)7-6-8-17(2)18-9-10-20-19(15-18)21(3,4)12-14-23(20)5/h6-11,15H,12,14H2,1-5H3/b7-6+,16-11+,17-8+. The number of rotatable bonds is 3. The van der Waals surface area contributed by atoms with Crippen molar-refractivity contribution in [1.82, 2.24) is 0 Å². The number of fused-ring (bicyclic) bond motifs is 1. The minimum absolute atomic E-state index is 0.222. The second kappa shape index (κ2) is 6.87. The SMILES string of the molecule is CC(/C=C/C=C(\C)c1ccc2c(c1)C(C)(C)CCN2C)=C\C#N. The molecule has 1 heterocycles. The van der Waals surface area contributed by atoms with Crippen LogP contribution in [0.2, 0.25) is 0 Å². The van der Waals surface area contributed by atoms with Crippen LogP contribution < -0.4 is 4.90 Å². The first-order chi connectivity index (χ1) is 10.8. The molecule has 1 aliphatic heterocycles. The number of hydrogen-bond donors (Lipinski definition) is 0. The molecule has 23 heavy (non-hydrogen) atoms. The first-order valence-electron chi connectivity index (χ1n) is 8.12. The van der Waals surface area contributed by atoms with Crippen LogP contribution in [0.3, 0.4) is 0 Å². The monoisotopic (exact) mass is 306 g/mol. The van der Waals surface area contributed by atoms with Gasteiger partial charge in [-0.25, -0.2) is 0 Å². The zero-order valence-corrected chi connectivity index (χ0v) is 14.9. The van der Waals surface area contributed by atoms with E-state index < -0.39 is 0 Å². The van der Waals surface area contributed by atoms with E-state index in [4.69, 9.17) is 5.26 Å². The van der Waals surface area contributed by atoms with Crippen molar-refractivity contribution >= 4 is 11.3 Å². The maximum atomic E-state index is 8.63. The van der Waals surface area contributed by atoms with Gasteiger partial charge in [0, 0.05) is 25.4 Å². The summed E-state index contributed by atoms with van der Waals surface area (Å²) in [6, 6.07) is 8.83. The molecule has 0 N–H and O–H groups in total. The lowest BCUT2D eigenvalue weighted by Gasteiger charge is -2.38. The fourth-order valence-corrected chi connectivity index (χ4v) is 2.95. The first kappa shape index (κ1) is 17.1. The van der Waals surface area contributed by atoms with E-state index in [-0.39, 0.29) is 5.41 Å². The van der Waals surface area contributed by atoms with Gasteiger partial charge in [0.1, 0.15) is 0 Å². The molecule has 0 spiro atoms. The van der Waals surface area contributed by atoms with Gasteiger partial charge in [-0.2, -0.15) is 5.26 Å². The van der Waals surface area contributed by atoms with Crippen molar-refractivity contribution in [3.63, 3.8) is 0 Å². The van der Waals surface area contributed by atoms with Crippen molar-refractivity contribution in [3.8, 4) is 6.07 Å². The summed E-state index contributed by atoms with van der Waals surface area (Å²) in [5.41, 5.74) is 6.46. The smallest absolute Gasteiger partial charge is 0.0914 e. The third kappa shape index (κ3) is 3.93. The Bertz CT molecular complexity index is 712. The van der Waals surface area contributed by atoms with Gasteiger partial charge < -0.3 is 4.90 Å². The van der Waals surface area contributed by atoms with Crippen molar-refractivity contribution in [2.24, 2.45) is 0 Å². The van der Waals surface area contributed by atoms with Crippen LogP contribution in [0.1, 0.15) is 45.2 Å². The Balaban J connectivity index is 2.32. The Labute approximate surface area is 140 Å². The molecule has 2 nitrogen and oxygen atoms in total. The third-order valence-corrected chi connectivity index (χ3v) is 4.66. The molecule has 0 saturated carbocycles. The number of hydrogen-bond acceptors (Lipinski definition) is 2. The Kier molecular flexibility index (Phi) is 5.11. The van der Waals surface area contributed by atoms with Crippen LogP contribution in [0, 0.1) is 11.3 Å². The summed E-state index contributed by atoms with van der Waals surface area (Å²) in [5.74, 6) is 0. The van der Waals surface area contributed by atoms with Gasteiger partial charge in [0.25, 0.3) is 0 Å². The molecule has 0 saturated heterocycles. The van der Waals surface area contributed by atoms with Crippen LogP contribution in [0.4, 0.5) is 5.69 Å². The molecular formula is C21H26N2. The fraction of sp³-hybridized carbons (Fsp3) is 0.381. The van der Waals surface area contributed by atoms with E-state index in [0.717, 1.165) is 12.1 Å². The lowest BCUT2D eigenvalue weighted by atomic mass is 9.77. The predicted molar refractivity (Wildman–Crippen MR) is 99.5 cm³/mol. The van der Waals surface area contributed by atoms with Crippen molar-refractivity contribution < 1.29 is 0 Å². The highest BCUT2D eigenvalue weighted by molar-refractivity contribution is 5.70. The quantitative estimate of drug-likeness (QED) is 0.564. The highest BCUT2D eigenvalue weighted by Gasteiger charge is 2.29. The summed E-state index contributed by atoms with van der Waals surface area (Å²) in [5, 5.41) is 8.63. The number of nitriles is 1. The van der Waals surface area contributed by atoms with Gasteiger partial charge >= 0.3 is 0 Å². The predicted octanol–water partition coefficient (Wildman–Crippen LogP) is 5.23. The van der Waals surface area contributed by atoms with Gasteiger partial charge in [-0.3, -0.25) is 0 Å². The van der Waals surface area contributed by atoms with Crippen LogP contribution in [0.15, 0.2) is 48.1 Å². The van der Waals surface area contributed by atoms with E-state index in [1.165, 1.54) is 28.8 Å². The molecule has 0 fully saturated rings. The molecule has 1 aromatic carbocycles. The van der Waals surface area contributed by atoms with Gasteiger partial charge in [0.2, 0.25) is 0 Å². The summed E-state index contributed by atoms with van der Waals surface area (Å²) in [6.07, 6.45) is 8.81. The minimum atomic E-state index is 0.222. The molecule has 1 aromatic rings. The van der Waals surface area contributed by atoms with Crippen molar-refractivity contribution in [2.45, 2.75) is 39.5 Å². The van der Waals surface area contributed by atoms with Crippen LogP contribution in [0.25, 0.3) is 5.57 Å². The molecule has 0 radical (unpaired) electrons. The lowest BCUT2D eigenvalue weighted by molar-refractivity contribution is 0.462. The van der Waals surface area contributed by atoms with Gasteiger partial charge in [-0.15, -0.1) is 0 Å². The highest BCUT2D eigenvalue weighted by Crippen LogP contribution is 2.40. The normalized spacial score (nSPS) is 18.0. The number of anilines is 1. The summed E-state index contributed by atoms with van der Waals surface area (Å²) < 4.78 is 0. The Morgan fingerprint density at radius 3 is 2.74 bits per heavy atom. The van der Waals surface area contributed by atoms with Gasteiger partial charge in [-0.1, -0.05) is 38.1 Å². The summed E-state index contributed by atoms with van der Waals surface area (Å²) in [7, 11) is 2.17. The Hall–Kier alpha value is -2.27. The average Bonchev–Trinajstić information content (AvgIpc) is 2.51. The molecular weight excluding hydrogens is 280 g/mol. The minimum Gasteiger partial charge on any atom is -0.374 e. The zero-order valence-electron chi connectivity index (χ0n) is 14.9. The first-order valence-corrected chi connectivity index (χ1v) is 8.12. The number of nitrogens with zero attached hydrogens (tertiary/aromatic N) is 2. The second-order valence-electron chi connectivity index (χ2n) is 7.01. The van der Waals surface area contributed by atoms with Gasteiger partial charge in [0.15, 0.2) is 0 Å². The van der Waals surface area contributed by atoms with Crippen molar-refractivity contribution in [3.05, 3.63) is 59.2 Å². The van der Waals surface area contributed by atoms with Crippen LogP contribution >= 0.6 is 0 Å². The van der Waals surface area contributed by atoms with Gasteiger partial charge in [-0.05, 0) is 60.1 Å². The van der Waals surface area contributed by atoms with E-state index in [1.54, 1.807) is 6.08 Å². The molecule has 0 amide bonds. The summed E-state index contributed by atoms with van der Waals surface area (Å²) >= 11 is 0. The zero-order chi connectivity index (χ0) is 17.0. The molecule has 0 unspecified atom stereocenters. The number of allylic oxidation sites excluding steroid dienone is 6. The fourth-order valence-electron chi connectivity index (χ4n) is 2.95. The topological polar surface area (TPSA) is 27.0 Å². The summed E-state index contributed by atoms with van der Waals surface area (Å²) in [6.45, 7) is 9.84. The van der Waals surface area contributed by atoms with Crippen LogP contribution in [-0.4, -0.2) is 13.6 Å². The molecule has 0 atom stereocenters. The molecule has 0 aromatic heterocycles. The van der Waals surface area contributed by atoms with Gasteiger partial charge in [0.05, 0.1) is 6.07 Å². The second-order valence-corrected chi connectivity index (χ2v) is 7.01. The van der Waals surface area contributed by atoms with Crippen molar-refractivity contribution in [1.29, 1.82) is 5.26 Å². The summed E-state index contributed by atoms with van der Waals surface area (Å²) in [4.78, 5) is 2.35. The van der Waals surface area contributed by atoms with Crippen LogP contribution in [-0.2, 0) is 5.41 Å². The van der Waals surface area contributed by atoms with E-state index in [1.807, 2.05) is 25.1 Å². The average molecular weight is 306 g/mol. The maximum absolute atomic E-state index is 8.63. The largest absolute Gasteiger partial charge is 0.374 e.